The van der Waals surface area contributed by atoms with Crippen molar-refractivity contribution in [1.82, 2.24) is 30.5 Å². The lowest BCUT2D eigenvalue weighted by molar-refractivity contribution is 0.0964. The number of hydrogen-bond donors (Lipinski definition) is 2. The Balaban J connectivity index is 1.89. The maximum absolute atomic E-state index is 12.1. The number of hydrogen-bond acceptors (Lipinski definition) is 5. The number of rotatable bonds is 3. The van der Waals surface area contributed by atoms with Crippen LogP contribution >= 0.6 is 0 Å². The summed E-state index contributed by atoms with van der Waals surface area (Å²) in [5.74, 6) is -0.199. The minimum atomic E-state index is -0.199. The molecule has 7 heteroatoms. The second-order valence-corrected chi connectivity index (χ2v) is 5.82. The Morgan fingerprint density at radius 3 is 2.77 bits per heavy atom. The molecule has 0 aliphatic heterocycles. The Morgan fingerprint density at radius 2 is 1.96 bits per heavy atom. The fourth-order valence-electron chi connectivity index (χ4n) is 2.85. The van der Waals surface area contributed by atoms with Gasteiger partial charge in [0, 0.05) is 24.5 Å². The number of H-pyrrole nitrogens is 1. The van der Waals surface area contributed by atoms with Crippen molar-refractivity contribution in [1.29, 1.82) is 0 Å². The van der Waals surface area contributed by atoms with E-state index in [0.717, 1.165) is 22.6 Å². The molecule has 128 valence electrons. The molecule has 0 aliphatic rings. The number of nitrogens with one attached hydrogen (secondary N) is 2. The molecule has 4 rings (SSSR count). The predicted octanol–water partition coefficient (Wildman–Crippen LogP) is 2.75. The van der Waals surface area contributed by atoms with Crippen molar-refractivity contribution in [3.63, 3.8) is 0 Å². The zero-order valence-electron chi connectivity index (χ0n) is 14.3. The van der Waals surface area contributed by atoms with Crippen LogP contribution in [-0.4, -0.2) is 38.1 Å². The number of carbonyl (C=O) groups excluding carboxylic acids is 1. The third-order valence-corrected chi connectivity index (χ3v) is 4.12. The number of fused-ring (bicyclic) bond motifs is 1. The molecule has 1 amide bonds. The van der Waals surface area contributed by atoms with Gasteiger partial charge in [-0.3, -0.25) is 19.9 Å². The molecule has 0 saturated heterocycles. The van der Waals surface area contributed by atoms with Gasteiger partial charge in [-0.1, -0.05) is 6.07 Å². The van der Waals surface area contributed by atoms with Gasteiger partial charge in [-0.25, -0.2) is 4.98 Å². The maximum atomic E-state index is 12.1. The normalized spacial score (nSPS) is 10.8. The summed E-state index contributed by atoms with van der Waals surface area (Å²) in [6.07, 6.45) is 3.32. The highest BCUT2D eigenvalue weighted by Gasteiger charge is 2.15. The standard InChI is InChI=1S/C19H16N6O/c1-11-4-3-5-16(23-11)18-13(10-22-25-18)14-6-7-15-17(24-14)12(8-9-21-15)19(26)20-2/h3-10H,1-2H3,(H,20,26)(H,22,25). The molecule has 0 atom stereocenters. The van der Waals surface area contributed by atoms with E-state index >= 15 is 0 Å². The quantitative estimate of drug-likeness (QED) is 0.596. The lowest BCUT2D eigenvalue weighted by Crippen LogP contribution is -2.18. The van der Waals surface area contributed by atoms with Gasteiger partial charge in [0.15, 0.2) is 0 Å². The summed E-state index contributed by atoms with van der Waals surface area (Å²) in [4.78, 5) is 25.7. The highest BCUT2D eigenvalue weighted by molar-refractivity contribution is 6.04. The number of nitrogens with zero attached hydrogens (tertiary/aromatic N) is 4. The molecule has 26 heavy (non-hydrogen) atoms. The molecular formula is C19H16N6O. The Kier molecular flexibility index (Phi) is 3.89. The summed E-state index contributed by atoms with van der Waals surface area (Å²) in [5.41, 5.74) is 5.70. The Hall–Kier alpha value is -3.61. The summed E-state index contributed by atoms with van der Waals surface area (Å²) in [6.45, 7) is 1.94. The van der Waals surface area contributed by atoms with Crippen molar-refractivity contribution >= 4 is 16.9 Å². The fourth-order valence-corrected chi connectivity index (χ4v) is 2.85. The molecule has 0 aromatic carbocycles. The first-order chi connectivity index (χ1) is 12.7. The van der Waals surface area contributed by atoms with Crippen molar-refractivity contribution in [3.8, 4) is 22.6 Å². The van der Waals surface area contributed by atoms with Crippen molar-refractivity contribution in [2.24, 2.45) is 0 Å². The molecule has 0 fully saturated rings. The Bertz CT molecular complexity index is 1120. The number of aromatic amines is 1. The van der Waals surface area contributed by atoms with Crippen molar-refractivity contribution in [2.45, 2.75) is 6.92 Å². The monoisotopic (exact) mass is 344 g/mol. The first-order valence-electron chi connectivity index (χ1n) is 8.13. The lowest BCUT2D eigenvalue weighted by atomic mass is 10.1. The number of aryl methyl sites for hydroxylation is 1. The van der Waals surface area contributed by atoms with Crippen molar-refractivity contribution < 1.29 is 4.79 Å². The van der Waals surface area contributed by atoms with Gasteiger partial charge >= 0.3 is 0 Å². The van der Waals surface area contributed by atoms with Gasteiger partial charge in [0.2, 0.25) is 0 Å². The summed E-state index contributed by atoms with van der Waals surface area (Å²) in [6, 6.07) is 11.2. The smallest absolute Gasteiger partial charge is 0.253 e. The van der Waals surface area contributed by atoms with Crippen LogP contribution in [0.5, 0.6) is 0 Å². The van der Waals surface area contributed by atoms with Gasteiger partial charge in [0.1, 0.15) is 5.52 Å². The molecule has 0 bridgehead atoms. The van der Waals surface area contributed by atoms with E-state index in [1.165, 1.54) is 0 Å². The lowest BCUT2D eigenvalue weighted by Gasteiger charge is -2.07. The highest BCUT2D eigenvalue weighted by atomic mass is 16.1. The van der Waals surface area contributed by atoms with Gasteiger partial charge in [-0.2, -0.15) is 5.10 Å². The molecular weight excluding hydrogens is 328 g/mol. The maximum Gasteiger partial charge on any atom is 0.253 e. The van der Waals surface area contributed by atoms with Gasteiger partial charge in [-0.15, -0.1) is 0 Å². The van der Waals surface area contributed by atoms with Crippen molar-refractivity contribution in [3.05, 3.63) is 60.0 Å². The molecule has 0 radical (unpaired) electrons. The first kappa shape index (κ1) is 15.9. The van der Waals surface area contributed by atoms with E-state index < -0.39 is 0 Å². The van der Waals surface area contributed by atoms with Crippen LogP contribution in [0.4, 0.5) is 0 Å². The molecule has 0 unspecified atom stereocenters. The van der Waals surface area contributed by atoms with E-state index in [9.17, 15) is 4.79 Å². The molecule has 2 N–H and O–H groups in total. The second kappa shape index (κ2) is 6.36. The predicted molar refractivity (Wildman–Crippen MR) is 98.5 cm³/mol. The zero-order chi connectivity index (χ0) is 18.1. The first-order valence-corrected chi connectivity index (χ1v) is 8.13. The van der Waals surface area contributed by atoms with Crippen LogP contribution in [0.2, 0.25) is 0 Å². The third-order valence-electron chi connectivity index (χ3n) is 4.12. The number of aromatic nitrogens is 5. The molecule has 7 nitrogen and oxygen atoms in total. The van der Waals surface area contributed by atoms with Crippen LogP contribution in [-0.2, 0) is 0 Å². The minimum Gasteiger partial charge on any atom is -0.355 e. The van der Waals surface area contributed by atoms with E-state index in [4.69, 9.17) is 0 Å². The van der Waals surface area contributed by atoms with E-state index in [-0.39, 0.29) is 5.91 Å². The molecule has 4 heterocycles. The summed E-state index contributed by atoms with van der Waals surface area (Å²) in [5, 5.41) is 9.79. The highest BCUT2D eigenvalue weighted by Crippen LogP contribution is 2.29. The fraction of sp³-hybridized carbons (Fsp3) is 0.105. The Morgan fingerprint density at radius 1 is 1.08 bits per heavy atom. The van der Waals surface area contributed by atoms with Gasteiger partial charge < -0.3 is 5.32 Å². The molecule has 4 aromatic heterocycles. The van der Waals surface area contributed by atoms with Crippen LogP contribution in [0.1, 0.15) is 16.1 Å². The van der Waals surface area contributed by atoms with Gasteiger partial charge in [0.05, 0.1) is 34.4 Å². The van der Waals surface area contributed by atoms with Crippen molar-refractivity contribution in [2.75, 3.05) is 7.05 Å². The summed E-state index contributed by atoms with van der Waals surface area (Å²) in [7, 11) is 1.59. The average Bonchev–Trinajstić information content (AvgIpc) is 3.16. The molecule has 4 aromatic rings. The van der Waals surface area contributed by atoms with E-state index in [1.807, 2.05) is 37.3 Å². The second-order valence-electron chi connectivity index (χ2n) is 5.82. The van der Waals surface area contributed by atoms with E-state index in [0.29, 0.717) is 22.3 Å². The number of pyridine rings is 3. The van der Waals surface area contributed by atoms with Crippen LogP contribution in [0.3, 0.4) is 0 Å². The van der Waals surface area contributed by atoms with Crippen LogP contribution in [0.25, 0.3) is 33.7 Å². The third kappa shape index (κ3) is 2.69. The zero-order valence-corrected chi connectivity index (χ0v) is 14.3. The SMILES string of the molecule is CNC(=O)c1ccnc2ccc(-c3cn[nH]c3-c3cccc(C)n3)nc12. The van der Waals surface area contributed by atoms with E-state index in [2.05, 4.69) is 30.5 Å². The summed E-state index contributed by atoms with van der Waals surface area (Å²) < 4.78 is 0. The van der Waals surface area contributed by atoms with E-state index in [1.54, 1.807) is 25.5 Å². The number of carbonyl (C=O) groups is 1. The van der Waals surface area contributed by atoms with Crippen LogP contribution in [0, 0.1) is 6.92 Å². The largest absolute Gasteiger partial charge is 0.355 e. The van der Waals surface area contributed by atoms with Gasteiger partial charge in [0.25, 0.3) is 5.91 Å². The molecule has 0 spiro atoms. The molecule has 0 saturated carbocycles. The summed E-state index contributed by atoms with van der Waals surface area (Å²) >= 11 is 0. The van der Waals surface area contributed by atoms with Gasteiger partial charge in [-0.05, 0) is 37.3 Å². The molecule has 0 aliphatic carbocycles. The Labute approximate surface area is 149 Å². The topological polar surface area (TPSA) is 96.5 Å². The van der Waals surface area contributed by atoms with Crippen LogP contribution in [0.15, 0.2) is 48.8 Å². The van der Waals surface area contributed by atoms with Crippen LogP contribution < -0.4 is 5.32 Å². The minimum absolute atomic E-state index is 0.199. The average molecular weight is 344 g/mol. The number of amides is 1.